The molecule has 0 fully saturated rings. The van der Waals surface area contributed by atoms with Gasteiger partial charge in [-0.05, 0) is 38.8 Å². The van der Waals surface area contributed by atoms with Gasteiger partial charge in [-0.2, -0.15) is 17.9 Å². The SMILES string of the molecule is COC(=O)O[C@H]1C=C[C@@H](N(N=C(C)C)S(=O)(=O)c2ccccc2[N+](=O)[O-])CC1. The summed E-state index contributed by atoms with van der Waals surface area (Å²) in [5.74, 6) is 0. The topological polar surface area (TPSA) is 128 Å². The Bertz CT molecular complexity index is 907. The second-order valence-electron chi connectivity index (χ2n) is 6.19. The fraction of sp³-hybridized carbons (Fsp3) is 0.412. The van der Waals surface area contributed by atoms with Crippen LogP contribution in [0, 0.1) is 10.1 Å². The zero-order valence-electron chi connectivity index (χ0n) is 15.6. The summed E-state index contributed by atoms with van der Waals surface area (Å²) in [6, 6.07) is 4.43. The minimum Gasteiger partial charge on any atom is -0.438 e. The average Bonchev–Trinajstić information content (AvgIpc) is 2.66. The van der Waals surface area contributed by atoms with E-state index in [4.69, 9.17) is 4.74 Å². The van der Waals surface area contributed by atoms with Crippen LogP contribution in [-0.4, -0.2) is 48.9 Å². The summed E-state index contributed by atoms with van der Waals surface area (Å²) in [5, 5.41) is 15.4. The Morgan fingerprint density at radius 2 is 1.93 bits per heavy atom. The molecule has 1 aromatic carbocycles. The first-order valence-corrected chi connectivity index (χ1v) is 9.83. The zero-order valence-corrected chi connectivity index (χ0v) is 16.5. The van der Waals surface area contributed by atoms with E-state index in [0.29, 0.717) is 18.6 Å². The number of nitrogens with zero attached hydrogens (tertiary/aromatic N) is 3. The molecule has 0 aromatic heterocycles. The number of sulfonamides is 1. The van der Waals surface area contributed by atoms with E-state index < -0.39 is 43.8 Å². The largest absolute Gasteiger partial charge is 0.508 e. The van der Waals surface area contributed by atoms with Crippen LogP contribution in [0.15, 0.2) is 46.4 Å². The minimum atomic E-state index is -4.30. The van der Waals surface area contributed by atoms with Gasteiger partial charge in [-0.15, -0.1) is 0 Å². The predicted molar refractivity (Wildman–Crippen MR) is 100 cm³/mol. The standard InChI is InChI=1S/C17H21N3O7S/c1-12(2)18-19(13-8-10-14(11-9-13)27-17(21)26-3)28(24,25)16-7-5-4-6-15(16)20(22)23/h4-8,10,13-14H,9,11H2,1-3H3/t13-,14+/m1/s1. The molecule has 28 heavy (non-hydrogen) atoms. The first-order valence-electron chi connectivity index (χ1n) is 8.39. The second-order valence-corrected chi connectivity index (χ2v) is 7.95. The summed E-state index contributed by atoms with van der Waals surface area (Å²) < 4.78 is 36.7. The number of rotatable bonds is 6. The van der Waals surface area contributed by atoms with Crippen molar-refractivity contribution in [1.29, 1.82) is 0 Å². The molecule has 0 radical (unpaired) electrons. The molecule has 0 heterocycles. The third kappa shape index (κ3) is 4.85. The number of nitro groups is 1. The summed E-state index contributed by atoms with van der Waals surface area (Å²) in [6.45, 7) is 3.25. The lowest BCUT2D eigenvalue weighted by Crippen LogP contribution is -2.38. The molecular formula is C17H21N3O7S. The van der Waals surface area contributed by atoms with E-state index >= 15 is 0 Å². The number of nitro benzene ring substituents is 1. The van der Waals surface area contributed by atoms with Crippen LogP contribution in [-0.2, 0) is 19.5 Å². The monoisotopic (exact) mass is 411 g/mol. The van der Waals surface area contributed by atoms with Crippen LogP contribution in [0.2, 0.25) is 0 Å². The molecule has 0 saturated heterocycles. The van der Waals surface area contributed by atoms with Crippen LogP contribution in [0.1, 0.15) is 26.7 Å². The van der Waals surface area contributed by atoms with Gasteiger partial charge in [-0.3, -0.25) is 10.1 Å². The summed E-state index contributed by atoms with van der Waals surface area (Å²) in [5.41, 5.74) is -0.0633. The van der Waals surface area contributed by atoms with Crippen molar-refractivity contribution in [2.45, 2.75) is 43.7 Å². The highest BCUT2D eigenvalue weighted by Crippen LogP contribution is 2.30. The number of hydrogen-bond donors (Lipinski definition) is 0. The summed E-state index contributed by atoms with van der Waals surface area (Å²) in [7, 11) is -3.10. The lowest BCUT2D eigenvalue weighted by Gasteiger charge is -2.30. The van der Waals surface area contributed by atoms with E-state index in [2.05, 4.69) is 9.84 Å². The van der Waals surface area contributed by atoms with Gasteiger partial charge in [0, 0.05) is 11.8 Å². The third-order valence-electron chi connectivity index (χ3n) is 3.88. The van der Waals surface area contributed by atoms with Crippen molar-refractivity contribution in [2.24, 2.45) is 5.10 Å². The van der Waals surface area contributed by atoms with Gasteiger partial charge in [0.1, 0.15) is 6.10 Å². The van der Waals surface area contributed by atoms with Gasteiger partial charge in [0.25, 0.3) is 15.7 Å². The first kappa shape index (κ1) is 21.4. The highest BCUT2D eigenvalue weighted by molar-refractivity contribution is 7.89. The highest BCUT2D eigenvalue weighted by atomic mass is 32.2. The maximum Gasteiger partial charge on any atom is 0.508 e. The Balaban J connectivity index is 2.40. The second kappa shape index (κ2) is 8.83. The highest BCUT2D eigenvalue weighted by Gasteiger charge is 2.36. The normalized spacial score (nSPS) is 18.8. The van der Waals surface area contributed by atoms with E-state index in [1.54, 1.807) is 26.0 Å². The molecule has 0 amide bonds. The molecule has 0 spiro atoms. The van der Waals surface area contributed by atoms with Gasteiger partial charge in [-0.25, -0.2) is 4.79 Å². The number of methoxy groups -OCH3 is 1. The van der Waals surface area contributed by atoms with Crippen molar-refractivity contribution in [3.63, 3.8) is 0 Å². The molecular weight excluding hydrogens is 390 g/mol. The molecule has 1 aromatic rings. The molecule has 2 atom stereocenters. The summed E-state index contributed by atoms with van der Waals surface area (Å²) in [4.78, 5) is 21.3. The Hall–Kier alpha value is -2.95. The molecule has 152 valence electrons. The fourth-order valence-corrected chi connectivity index (χ4v) is 4.33. The third-order valence-corrected chi connectivity index (χ3v) is 5.62. The first-order chi connectivity index (χ1) is 13.2. The van der Waals surface area contributed by atoms with Gasteiger partial charge in [0.15, 0.2) is 4.90 Å². The van der Waals surface area contributed by atoms with Crippen LogP contribution in [0.3, 0.4) is 0 Å². The van der Waals surface area contributed by atoms with Crippen LogP contribution in [0.5, 0.6) is 0 Å². The lowest BCUT2D eigenvalue weighted by molar-refractivity contribution is -0.387. The molecule has 1 aliphatic rings. The Kier molecular flexibility index (Phi) is 6.73. The van der Waals surface area contributed by atoms with Crippen LogP contribution >= 0.6 is 0 Å². The fourth-order valence-electron chi connectivity index (χ4n) is 2.66. The van der Waals surface area contributed by atoms with E-state index in [0.717, 1.165) is 10.5 Å². The number of para-hydroxylation sites is 1. The number of hydrazone groups is 1. The van der Waals surface area contributed by atoms with Crippen molar-refractivity contribution >= 4 is 27.6 Å². The lowest BCUT2D eigenvalue weighted by atomic mass is 10.0. The molecule has 1 aliphatic carbocycles. The molecule has 11 heteroatoms. The van der Waals surface area contributed by atoms with Gasteiger partial charge in [0.2, 0.25) is 0 Å². The number of hydrogen-bond acceptors (Lipinski definition) is 8. The van der Waals surface area contributed by atoms with Crippen molar-refractivity contribution in [2.75, 3.05) is 7.11 Å². The van der Waals surface area contributed by atoms with E-state index in [1.165, 1.54) is 25.3 Å². The molecule has 0 saturated carbocycles. The summed E-state index contributed by atoms with van der Waals surface area (Å²) in [6.07, 6.45) is 2.36. The molecule has 0 N–H and O–H groups in total. The zero-order chi connectivity index (χ0) is 20.9. The molecule has 2 rings (SSSR count). The van der Waals surface area contributed by atoms with Crippen LogP contribution in [0.25, 0.3) is 0 Å². The smallest absolute Gasteiger partial charge is 0.438 e. The van der Waals surface area contributed by atoms with Gasteiger partial charge >= 0.3 is 6.16 Å². The van der Waals surface area contributed by atoms with Crippen molar-refractivity contribution < 1.29 is 27.6 Å². The van der Waals surface area contributed by atoms with E-state index in [1.807, 2.05) is 0 Å². The van der Waals surface area contributed by atoms with E-state index in [9.17, 15) is 23.3 Å². The average molecular weight is 411 g/mol. The van der Waals surface area contributed by atoms with E-state index in [-0.39, 0.29) is 0 Å². The molecule has 0 aliphatic heterocycles. The minimum absolute atomic E-state index is 0.300. The Morgan fingerprint density at radius 1 is 1.25 bits per heavy atom. The maximum absolute atomic E-state index is 13.2. The van der Waals surface area contributed by atoms with Crippen molar-refractivity contribution in [3.05, 3.63) is 46.5 Å². The van der Waals surface area contributed by atoms with Crippen molar-refractivity contribution in [3.8, 4) is 0 Å². The Morgan fingerprint density at radius 3 is 2.46 bits per heavy atom. The molecule has 10 nitrogen and oxygen atoms in total. The number of ether oxygens (including phenoxy) is 2. The summed E-state index contributed by atoms with van der Waals surface area (Å²) >= 11 is 0. The molecule has 0 bridgehead atoms. The van der Waals surface area contributed by atoms with Gasteiger partial charge < -0.3 is 9.47 Å². The number of carbonyl (C=O) groups is 1. The predicted octanol–water partition coefficient (Wildman–Crippen LogP) is 2.85. The number of carbonyl (C=O) groups excluding carboxylic acids is 1. The van der Waals surface area contributed by atoms with Gasteiger partial charge in [-0.1, -0.05) is 18.2 Å². The van der Waals surface area contributed by atoms with Crippen LogP contribution < -0.4 is 0 Å². The van der Waals surface area contributed by atoms with Crippen molar-refractivity contribution in [1.82, 2.24) is 4.41 Å². The Labute approximate surface area is 162 Å². The van der Waals surface area contributed by atoms with Gasteiger partial charge in [0.05, 0.1) is 18.1 Å². The number of benzene rings is 1. The maximum atomic E-state index is 13.2. The van der Waals surface area contributed by atoms with Crippen LogP contribution in [0.4, 0.5) is 10.5 Å². The quantitative estimate of drug-likeness (QED) is 0.231. The molecule has 0 unspecified atom stereocenters.